The maximum Gasteiger partial charge on any atom is 0.0947 e. The van der Waals surface area contributed by atoms with Gasteiger partial charge >= 0.3 is 0 Å². The first-order chi connectivity index (χ1) is 9.15. The van der Waals surface area contributed by atoms with Crippen LogP contribution in [-0.4, -0.2) is 41.3 Å². The Morgan fingerprint density at radius 2 is 1.84 bits per heavy atom. The summed E-state index contributed by atoms with van der Waals surface area (Å²) in [6.07, 6.45) is 2.26. The first kappa shape index (κ1) is 13.1. The van der Waals surface area contributed by atoms with Crippen LogP contribution in [0.4, 0.5) is 0 Å². The predicted molar refractivity (Wildman–Crippen MR) is 75.1 cm³/mol. The van der Waals surface area contributed by atoms with Crippen LogP contribution >= 0.6 is 0 Å². The van der Waals surface area contributed by atoms with Crippen LogP contribution in [0.1, 0.15) is 37.5 Å². The van der Waals surface area contributed by atoms with Crippen molar-refractivity contribution in [2.24, 2.45) is 0 Å². The number of aliphatic hydroxyl groups is 1. The van der Waals surface area contributed by atoms with E-state index in [0.29, 0.717) is 0 Å². The van der Waals surface area contributed by atoms with Gasteiger partial charge in [0.1, 0.15) is 0 Å². The molecule has 1 aliphatic heterocycles. The average molecular weight is 261 g/mol. The molecule has 0 saturated carbocycles. The lowest BCUT2D eigenvalue weighted by atomic mass is 9.84. The largest absolute Gasteiger partial charge is 0.387 e. The third kappa shape index (κ3) is 2.55. The lowest BCUT2D eigenvalue weighted by molar-refractivity contribution is -0.0989. The van der Waals surface area contributed by atoms with Crippen molar-refractivity contribution in [1.29, 1.82) is 0 Å². The van der Waals surface area contributed by atoms with E-state index >= 15 is 0 Å². The van der Waals surface area contributed by atoms with Gasteiger partial charge in [0.15, 0.2) is 0 Å². The molecule has 0 amide bonds. The van der Waals surface area contributed by atoms with Crippen molar-refractivity contribution >= 4 is 0 Å². The van der Waals surface area contributed by atoms with Crippen molar-refractivity contribution in [2.75, 3.05) is 13.1 Å². The predicted octanol–water partition coefficient (Wildman–Crippen LogP) is 2.14. The van der Waals surface area contributed by atoms with Gasteiger partial charge in [-0.3, -0.25) is 4.90 Å². The van der Waals surface area contributed by atoms with Crippen molar-refractivity contribution < 1.29 is 9.84 Å². The van der Waals surface area contributed by atoms with E-state index in [-0.39, 0.29) is 24.4 Å². The molecule has 1 aromatic carbocycles. The summed E-state index contributed by atoms with van der Waals surface area (Å²) in [5, 5.41) is 10.7. The summed E-state index contributed by atoms with van der Waals surface area (Å²) in [4.78, 5) is 2.42. The van der Waals surface area contributed by atoms with E-state index in [1.165, 1.54) is 5.56 Å². The van der Waals surface area contributed by atoms with Gasteiger partial charge in [0.05, 0.1) is 18.3 Å². The van der Waals surface area contributed by atoms with Crippen LogP contribution in [0.25, 0.3) is 0 Å². The topological polar surface area (TPSA) is 32.7 Å². The first-order valence-corrected chi connectivity index (χ1v) is 7.30. The molecular weight excluding hydrogens is 238 g/mol. The molecule has 1 aliphatic carbocycles. The SMILES string of the molecule is C[C@@H]1CN(C2CCc3ccccc3C2O)C[C@H](C)O1. The second kappa shape index (κ2) is 5.23. The zero-order valence-electron chi connectivity index (χ0n) is 11.7. The van der Waals surface area contributed by atoms with Gasteiger partial charge in [-0.05, 0) is 37.8 Å². The molecule has 1 N–H and O–H groups in total. The molecule has 1 aromatic rings. The van der Waals surface area contributed by atoms with Gasteiger partial charge in [-0.15, -0.1) is 0 Å². The van der Waals surface area contributed by atoms with E-state index < -0.39 is 0 Å². The Morgan fingerprint density at radius 3 is 2.58 bits per heavy atom. The number of morpholine rings is 1. The number of fused-ring (bicyclic) bond motifs is 1. The van der Waals surface area contributed by atoms with Crippen LogP contribution in [0.2, 0.25) is 0 Å². The summed E-state index contributed by atoms with van der Waals surface area (Å²) in [5.41, 5.74) is 2.42. The van der Waals surface area contributed by atoms with E-state index in [1.807, 2.05) is 6.07 Å². The van der Waals surface area contributed by atoms with Crippen molar-refractivity contribution in [3.8, 4) is 0 Å². The molecule has 0 aromatic heterocycles. The molecule has 3 rings (SSSR count). The highest BCUT2D eigenvalue weighted by atomic mass is 16.5. The summed E-state index contributed by atoms with van der Waals surface area (Å²) in [6, 6.07) is 8.53. The van der Waals surface area contributed by atoms with E-state index in [2.05, 4.69) is 36.9 Å². The summed E-state index contributed by atoms with van der Waals surface area (Å²) in [7, 11) is 0. The van der Waals surface area contributed by atoms with Crippen molar-refractivity contribution in [1.82, 2.24) is 4.90 Å². The lowest BCUT2D eigenvalue weighted by Gasteiger charge is -2.44. The van der Waals surface area contributed by atoms with Crippen LogP contribution in [-0.2, 0) is 11.2 Å². The maximum absolute atomic E-state index is 10.7. The monoisotopic (exact) mass is 261 g/mol. The minimum absolute atomic E-state index is 0.240. The molecule has 3 heteroatoms. The Balaban J connectivity index is 1.80. The Bertz CT molecular complexity index is 438. The molecular formula is C16H23NO2. The Morgan fingerprint density at radius 1 is 1.16 bits per heavy atom. The Kier molecular flexibility index (Phi) is 3.61. The van der Waals surface area contributed by atoms with Crippen LogP contribution in [0.5, 0.6) is 0 Å². The fraction of sp³-hybridized carbons (Fsp3) is 0.625. The van der Waals surface area contributed by atoms with Gasteiger partial charge in [-0.2, -0.15) is 0 Å². The van der Waals surface area contributed by atoms with Gasteiger partial charge in [-0.25, -0.2) is 0 Å². The highest BCUT2D eigenvalue weighted by Gasteiger charge is 2.35. The highest BCUT2D eigenvalue weighted by molar-refractivity contribution is 5.32. The third-order valence-electron chi connectivity index (χ3n) is 4.36. The van der Waals surface area contributed by atoms with Gasteiger partial charge in [0.2, 0.25) is 0 Å². The molecule has 104 valence electrons. The molecule has 19 heavy (non-hydrogen) atoms. The second-order valence-electron chi connectivity index (χ2n) is 5.96. The summed E-state index contributed by atoms with van der Waals surface area (Å²) < 4.78 is 5.79. The molecule has 0 radical (unpaired) electrons. The number of benzene rings is 1. The molecule has 0 bridgehead atoms. The smallest absolute Gasteiger partial charge is 0.0947 e. The molecule has 1 heterocycles. The minimum atomic E-state index is -0.359. The first-order valence-electron chi connectivity index (χ1n) is 7.30. The molecule has 3 nitrogen and oxygen atoms in total. The van der Waals surface area contributed by atoms with Crippen LogP contribution in [0.3, 0.4) is 0 Å². The number of aryl methyl sites for hydroxylation is 1. The molecule has 2 aliphatic rings. The molecule has 1 saturated heterocycles. The zero-order valence-corrected chi connectivity index (χ0v) is 11.7. The van der Waals surface area contributed by atoms with Crippen molar-refractivity contribution in [3.63, 3.8) is 0 Å². The molecule has 2 unspecified atom stereocenters. The minimum Gasteiger partial charge on any atom is -0.387 e. The number of ether oxygens (including phenoxy) is 1. The van der Waals surface area contributed by atoms with Crippen molar-refractivity contribution in [2.45, 2.75) is 51.0 Å². The number of hydrogen-bond acceptors (Lipinski definition) is 3. The van der Waals surface area contributed by atoms with Gasteiger partial charge in [0, 0.05) is 19.1 Å². The average Bonchev–Trinajstić information content (AvgIpc) is 2.38. The van der Waals surface area contributed by atoms with Crippen LogP contribution in [0.15, 0.2) is 24.3 Å². The van der Waals surface area contributed by atoms with Crippen molar-refractivity contribution in [3.05, 3.63) is 35.4 Å². The number of rotatable bonds is 1. The van der Waals surface area contributed by atoms with Gasteiger partial charge in [0.25, 0.3) is 0 Å². The summed E-state index contributed by atoms with van der Waals surface area (Å²) in [5.74, 6) is 0. The summed E-state index contributed by atoms with van der Waals surface area (Å²) >= 11 is 0. The maximum atomic E-state index is 10.7. The van der Waals surface area contributed by atoms with Gasteiger partial charge in [-0.1, -0.05) is 24.3 Å². The van der Waals surface area contributed by atoms with Gasteiger partial charge < -0.3 is 9.84 Å². The van der Waals surface area contributed by atoms with E-state index in [0.717, 1.165) is 31.5 Å². The highest BCUT2D eigenvalue weighted by Crippen LogP contribution is 2.34. The quantitative estimate of drug-likeness (QED) is 0.840. The second-order valence-corrected chi connectivity index (χ2v) is 5.96. The van der Waals surface area contributed by atoms with E-state index in [4.69, 9.17) is 4.74 Å². The molecule has 4 atom stereocenters. The fourth-order valence-corrected chi connectivity index (χ4v) is 3.59. The Hall–Kier alpha value is -0.900. The lowest BCUT2D eigenvalue weighted by Crippen LogP contribution is -2.52. The number of nitrogens with zero attached hydrogens (tertiary/aromatic N) is 1. The Labute approximate surface area is 115 Å². The van der Waals surface area contributed by atoms with Crippen LogP contribution in [0, 0.1) is 0 Å². The van der Waals surface area contributed by atoms with Crippen LogP contribution < -0.4 is 0 Å². The number of hydrogen-bond donors (Lipinski definition) is 1. The zero-order chi connectivity index (χ0) is 13.4. The fourth-order valence-electron chi connectivity index (χ4n) is 3.59. The normalized spacial score (nSPS) is 35.9. The van der Waals surface area contributed by atoms with E-state index in [1.54, 1.807) is 0 Å². The number of aliphatic hydroxyl groups excluding tert-OH is 1. The third-order valence-corrected chi connectivity index (χ3v) is 4.36. The molecule has 1 fully saturated rings. The standard InChI is InChI=1S/C16H23NO2/c1-11-9-17(10-12(2)19-11)15-8-7-13-5-3-4-6-14(13)16(15)18/h3-6,11-12,15-16,18H,7-10H2,1-2H3/t11-,12+,15?,16?. The molecule has 0 spiro atoms. The van der Waals surface area contributed by atoms with E-state index in [9.17, 15) is 5.11 Å². The summed E-state index contributed by atoms with van der Waals surface area (Å²) in [6.45, 7) is 6.08.